The Labute approximate surface area is 151 Å². The lowest BCUT2D eigenvalue weighted by atomic mass is 9.74. The van der Waals surface area contributed by atoms with Gasteiger partial charge in [0.1, 0.15) is 6.54 Å². The molecule has 1 saturated carbocycles. The first-order chi connectivity index (χ1) is 12.3. The number of carboxylic acids is 1. The lowest BCUT2D eigenvalue weighted by Crippen LogP contribution is -2.47. The second-order valence-electron chi connectivity index (χ2n) is 7.17. The predicted octanol–water partition coefficient (Wildman–Crippen LogP) is 1.74. The van der Waals surface area contributed by atoms with Crippen molar-refractivity contribution in [2.45, 2.75) is 39.0 Å². The van der Waals surface area contributed by atoms with Crippen molar-refractivity contribution < 1.29 is 24.3 Å². The summed E-state index contributed by atoms with van der Waals surface area (Å²) in [5.41, 5.74) is 0.504. The van der Waals surface area contributed by atoms with Crippen LogP contribution < -0.4 is 5.32 Å². The van der Waals surface area contributed by atoms with Gasteiger partial charge in [0.2, 0.25) is 5.91 Å². The fourth-order valence-electron chi connectivity index (χ4n) is 3.71. The van der Waals surface area contributed by atoms with Gasteiger partial charge < -0.3 is 10.4 Å². The highest BCUT2D eigenvalue weighted by molar-refractivity contribution is 6.22. The number of hydrogen-bond donors (Lipinski definition) is 2. The first kappa shape index (κ1) is 18.1. The van der Waals surface area contributed by atoms with Crippen molar-refractivity contribution in [1.29, 1.82) is 0 Å². The number of imide groups is 1. The molecule has 0 spiro atoms. The van der Waals surface area contributed by atoms with Crippen LogP contribution in [0, 0.1) is 12.3 Å². The first-order valence-electron chi connectivity index (χ1n) is 8.81. The van der Waals surface area contributed by atoms with Crippen LogP contribution in [0.4, 0.5) is 0 Å². The molecule has 1 aliphatic heterocycles. The molecule has 7 heteroatoms. The predicted molar refractivity (Wildman–Crippen MR) is 92.7 cm³/mol. The van der Waals surface area contributed by atoms with Crippen LogP contribution >= 0.6 is 0 Å². The highest BCUT2D eigenvalue weighted by Gasteiger charge is 2.41. The number of rotatable bonds is 5. The van der Waals surface area contributed by atoms with Crippen LogP contribution in [-0.4, -0.2) is 46.8 Å². The SMILES string of the molecule is Cc1ccc2c(c1)C(=O)N(CC(=O)NCC1(C(=O)O)CCCCC1)C2=O. The number of nitrogens with zero attached hydrogens (tertiary/aromatic N) is 1. The molecule has 26 heavy (non-hydrogen) atoms. The molecule has 3 rings (SSSR count). The van der Waals surface area contributed by atoms with E-state index in [0.717, 1.165) is 29.7 Å². The zero-order chi connectivity index (χ0) is 18.9. The molecule has 0 unspecified atom stereocenters. The maximum absolute atomic E-state index is 12.4. The van der Waals surface area contributed by atoms with Crippen molar-refractivity contribution in [3.63, 3.8) is 0 Å². The molecule has 0 aromatic heterocycles. The Kier molecular flexibility index (Phi) is 4.80. The van der Waals surface area contributed by atoms with Gasteiger partial charge in [0.15, 0.2) is 0 Å². The molecule has 2 N–H and O–H groups in total. The molecule has 0 bridgehead atoms. The van der Waals surface area contributed by atoms with Crippen LogP contribution in [0.5, 0.6) is 0 Å². The molecule has 1 aromatic carbocycles. The minimum atomic E-state index is -0.951. The number of carboxylic acid groups (broad SMARTS) is 1. The van der Waals surface area contributed by atoms with Crippen LogP contribution in [0.1, 0.15) is 58.4 Å². The minimum Gasteiger partial charge on any atom is -0.481 e. The number of aryl methyl sites for hydroxylation is 1. The number of carbonyl (C=O) groups excluding carboxylic acids is 3. The molecule has 0 atom stereocenters. The molecule has 1 aromatic rings. The Hall–Kier alpha value is -2.70. The summed E-state index contributed by atoms with van der Waals surface area (Å²) in [4.78, 5) is 49.6. The van der Waals surface area contributed by atoms with Crippen LogP contribution in [0.15, 0.2) is 18.2 Å². The largest absolute Gasteiger partial charge is 0.481 e. The Bertz CT molecular complexity index is 780. The van der Waals surface area contributed by atoms with Gasteiger partial charge in [-0.3, -0.25) is 24.1 Å². The van der Waals surface area contributed by atoms with E-state index in [-0.39, 0.29) is 6.54 Å². The standard InChI is InChI=1S/C19H22N2O5/c1-12-5-6-13-14(9-12)17(24)21(16(13)23)10-15(22)20-11-19(18(25)26)7-3-2-4-8-19/h5-6,9H,2-4,7-8,10-11H2,1H3,(H,20,22)(H,25,26). The fraction of sp³-hybridized carbons (Fsp3) is 0.474. The molecule has 138 valence electrons. The molecule has 2 aliphatic rings. The quantitative estimate of drug-likeness (QED) is 0.780. The third kappa shape index (κ3) is 3.21. The Morgan fingerprint density at radius 1 is 1.12 bits per heavy atom. The lowest BCUT2D eigenvalue weighted by molar-refractivity contribution is -0.151. The van der Waals surface area contributed by atoms with E-state index in [9.17, 15) is 24.3 Å². The van der Waals surface area contributed by atoms with Crippen molar-refractivity contribution in [1.82, 2.24) is 10.2 Å². The third-order valence-electron chi connectivity index (χ3n) is 5.32. The molecular formula is C19H22N2O5. The summed E-state index contributed by atoms with van der Waals surface area (Å²) in [6, 6.07) is 4.96. The van der Waals surface area contributed by atoms with Crippen LogP contribution in [-0.2, 0) is 9.59 Å². The molecule has 1 aliphatic carbocycles. The monoisotopic (exact) mass is 358 g/mol. The number of hydrogen-bond acceptors (Lipinski definition) is 4. The summed E-state index contributed by atoms with van der Waals surface area (Å²) >= 11 is 0. The zero-order valence-electron chi connectivity index (χ0n) is 14.7. The van der Waals surface area contributed by atoms with Gasteiger partial charge in [-0.2, -0.15) is 0 Å². The molecule has 0 radical (unpaired) electrons. The van der Waals surface area contributed by atoms with Gasteiger partial charge in [-0.15, -0.1) is 0 Å². The summed E-state index contributed by atoms with van der Waals surface area (Å²) in [5.74, 6) is -2.42. The summed E-state index contributed by atoms with van der Waals surface area (Å²) < 4.78 is 0. The number of benzene rings is 1. The molecule has 1 heterocycles. The van der Waals surface area contributed by atoms with E-state index in [1.807, 2.05) is 6.92 Å². The Balaban J connectivity index is 1.65. The van der Waals surface area contributed by atoms with Gasteiger partial charge in [-0.05, 0) is 31.9 Å². The van der Waals surface area contributed by atoms with E-state index in [4.69, 9.17) is 0 Å². The van der Waals surface area contributed by atoms with Gasteiger partial charge in [0, 0.05) is 6.54 Å². The highest BCUT2D eigenvalue weighted by Crippen LogP contribution is 2.36. The van der Waals surface area contributed by atoms with Gasteiger partial charge in [0.05, 0.1) is 16.5 Å². The zero-order valence-corrected chi connectivity index (χ0v) is 14.7. The smallest absolute Gasteiger partial charge is 0.311 e. The lowest BCUT2D eigenvalue weighted by Gasteiger charge is -2.33. The van der Waals surface area contributed by atoms with E-state index in [2.05, 4.69) is 5.32 Å². The normalized spacial score (nSPS) is 18.6. The topological polar surface area (TPSA) is 104 Å². The van der Waals surface area contributed by atoms with E-state index in [1.165, 1.54) is 0 Å². The van der Waals surface area contributed by atoms with E-state index in [0.29, 0.717) is 24.0 Å². The van der Waals surface area contributed by atoms with Crippen LogP contribution in [0.25, 0.3) is 0 Å². The molecule has 3 amide bonds. The number of aliphatic carboxylic acids is 1. The van der Waals surface area contributed by atoms with Gasteiger partial charge in [-0.25, -0.2) is 0 Å². The summed E-state index contributed by atoms with van der Waals surface area (Å²) in [6.07, 6.45) is 3.68. The van der Waals surface area contributed by atoms with Crippen molar-refractivity contribution in [3.8, 4) is 0 Å². The second kappa shape index (κ2) is 6.90. The maximum atomic E-state index is 12.4. The maximum Gasteiger partial charge on any atom is 0.311 e. The van der Waals surface area contributed by atoms with Gasteiger partial charge in [0.25, 0.3) is 11.8 Å². The average Bonchev–Trinajstić information content (AvgIpc) is 2.85. The van der Waals surface area contributed by atoms with Crippen molar-refractivity contribution in [2.75, 3.05) is 13.1 Å². The number of amides is 3. The van der Waals surface area contributed by atoms with Crippen LogP contribution in [0.2, 0.25) is 0 Å². The summed E-state index contributed by atoms with van der Waals surface area (Å²) in [6.45, 7) is 1.44. The molecule has 0 saturated heterocycles. The average molecular weight is 358 g/mol. The number of carbonyl (C=O) groups is 4. The molecule has 1 fully saturated rings. The van der Waals surface area contributed by atoms with E-state index >= 15 is 0 Å². The molecular weight excluding hydrogens is 336 g/mol. The van der Waals surface area contributed by atoms with Crippen molar-refractivity contribution >= 4 is 23.7 Å². The van der Waals surface area contributed by atoms with E-state index < -0.39 is 35.7 Å². The Morgan fingerprint density at radius 2 is 1.77 bits per heavy atom. The van der Waals surface area contributed by atoms with Crippen molar-refractivity contribution in [3.05, 3.63) is 34.9 Å². The van der Waals surface area contributed by atoms with Crippen molar-refractivity contribution in [2.24, 2.45) is 5.41 Å². The van der Waals surface area contributed by atoms with E-state index in [1.54, 1.807) is 18.2 Å². The number of fused-ring (bicyclic) bond motifs is 1. The third-order valence-corrected chi connectivity index (χ3v) is 5.32. The summed E-state index contributed by atoms with van der Waals surface area (Å²) in [5, 5.41) is 12.2. The van der Waals surface area contributed by atoms with Gasteiger partial charge >= 0.3 is 5.97 Å². The highest BCUT2D eigenvalue weighted by atomic mass is 16.4. The first-order valence-corrected chi connectivity index (χ1v) is 8.81. The Morgan fingerprint density at radius 3 is 2.42 bits per heavy atom. The minimum absolute atomic E-state index is 0.0173. The second-order valence-corrected chi connectivity index (χ2v) is 7.17. The fourth-order valence-corrected chi connectivity index (χ4v) is 3.71. The van der Waals surface area contributed by atoms with Crippen LogP contribution in [0.3, 0.4) is 0 Å². The van der Waals surface area contributed by atoms with Gasteiger partial charge in [-0.1, -0.05) is 30.9 Å². The molecule has 7 nitrogen and oxygen atoms in total. The number of nitrogens with one attached hydrogen (secondary N) is 1. The summed E-state index contributed by atoms with van der Waals surface area (Å²) in [7, 11) is 0.